The van der Waals surface area contributed by atoms with Crippen LogP contribution in [-0.2, 0) is 25.5 Å². The molecule has 0 radical (unpaired) electrons. The Morgan fingerprint density at radius 3 is 2.15 bits per heavy atom. The number of aliphatic hydroxyl groups excluding tert-OH is 1. The number of rotatable bonds is 12. The number of carbonyl (C=O) groups excluding carboxylic acids is 2. The van der Waals surface area contributed by atoms with Crippen molar-refractivity contribution in [3.05, 3.63) is 64.7 Å². The third-order valence-electron chi connectivity index (χ3n) is 4.64. The molecule has 0 fully saturated rings. The van der Waals surface area contributed by atoms with Gasteiger partial charge in [-0.05, 0) is 62.6 Å². The lowest BCUT2D eigenvalue weighted by Crippen LogP contribution is -2.38. The number of ether oxygens (including phenoxy) is 3. The summed E-state index contributed by atoms with van der Waals surface area (Å²) < 4.78 is 15.4. The lowest BCUT2D eigenvalue weighted by atomic mass is 10.0. The molecule has 0 aromatic heterocycles. The van der Waals surface area contributed by atoms with Crippen molar-refractivity contribution in [3.8, 4) is 5.75 Å². The number of hydrogen-bond donors (Lipinski definition) is 2. The van der Waals surface area contributed by atoms with Crippen molar-refractivity contribution in [1.82, 2.24) is 5.32 Å². The lowest BCUT2D eigenvalue weighted by Gasteiger charge is -2.22. The van der Waals surface area contributed by atoms with Crippen LogP contribution in [0, 0.1) is 0 Å². The first-order chi connectivity index (χ1) is 15.4. The summed E-state index contributed by atoms with van der Waals surface area (Å²) in [5.41, 5.74) is 1.93. The number of esters is 2. The Morgan fingerprint density at radius 1 is 1.03 bits per heavy atom. The molecule has 2 aromatic carbocycles. The highest BCUT2D eigenvalue weighted by Gasteiger charge is 2.31. The van der Waals surface area contributed by atoms with Crippen molar-refractivity contribution in [2.24, 2.45) is 0 Å². The number of carbonyl (C=O) groups is 2. The first-order valence-corrected chi connectivity index (χ1v) is 11.0. The van der Waals surface area contributed by atoms with E-state index in [-0.39, 0.29) is 48.9 Å². The molecule has 0 heterocycles. The van der Waals surface area contributed by atoms with Gasteiger partial charge in [0.2, 0.25) is 0 Å². The van der Waals surface area contributed by atoms with E-state index in [4.69, 9.17) is 25.8 Å². The number of hydrogen-bond acceptors (Lipinski definition) is 7. The van der Waals surface area contributed by atoms with E-state index in [1.54, 1.807) is 32.0 Å². The molecule has 0 spiro atoms. The summed E-state index contributed by atoms with van der Waals surface area (Å²) in [7, 11) is 0. The molecular formula is C24H31BrClNO6. The number of aliphatic hydroxyl groups is 1. The minimum atomic E-state index is -1.47. The molecule has 0 aliphatic carbocycles. The van der Waals surface area contributed by atoms with E-state index < -0.39 is 18.0 Å². The van der Waals surface area contributed by atoms with Crippen molar-refractivity contribution < 1.29 is 28.9 Å². The Balaban J connectivity index is 0.00000544. The lowest BCUT2D eigenvalue weighted by molar-refractivity contribution is -0.166. The molecule has 33 heavy (non-hydrogen) atoms. The average Bonchev–Trinajstić information content (AvgIpc) is 2.77. The van der Waals surface area contributed by atoms with Crippen LogP contribution in [0.25, 0.3) is 0 Å². The van der Waals surface area contributed by atoms with Crippen LogP contribution in [0.2, 0.25) is 5.02 Å². The Hall–Kier alpha value is -2.13. The van der Waals surface area contributed by atoms with E-state index in [0.717, 1.165) is 11.1 Å². The number of nitrogens with one attached hydrogen (secondary N) is 1. The molecule has 0 saturated heterocycles. The zero-order valence-electron chi connectivity index (χ0n) is 19.0. The molecule has 7 nitrogen and oxygen atoms in total. The Morgan fingerprint density at radius 2 is 1.64 bits per heavy atom. The predicted molar refractivity (Wildman–Crippen MR) is 132 cm³/mol. The molecular weight excluding hydrogens is 514 g/mol. The molecule has 0 aliphatic heterocycles. The van der Waals surface area contributed by atoms with Crippen molar-refractivity contribution >= 4 is 40.5 Å². The van der Waals surface area contributed by atoms with E-state index in [9.17, 15) is 14.7 Å². The molecule has 2 atom stereocenters. The molecule has 0 bridgehead atoms. The van der Waals surface area contributed by atoms with Gasteiger partial charge in [-0.25, -0.2) is 9.59 Å². The molecule has 1 unspecified atom stereocenters. The van der Waals surface area contributed by atoms with Crippen LogP contribution in [0.4, 0.5) is 0 Å². The molecule has 0 aliphatic rings. The Bertz CT molecular complexity index is 862. The minimum Gasteiger partial charge on any atom is -0.467 e. The van der Waals surface area contributed by atoms with E-state index >= 15 is 0 Å². The fraction of sp³-hybridized carbons (Fsp3) is 0.417. The van der Waals surface area contributed by atoms with Crippen LogP contribution in [0.15, 0.2) is 48.5 Å². The van der Waals surface area contributed by atoms with Crippen molar-refractivity contribution in [2.45, 2.75) is 45.4 Å². The van der Waals surface area contributed by atoms with Gasteiger partial charge in [0.05, 0.1) is 25.9 Å². The van der Waals surface area contributed by atoms with Gasteiger partial charge in [0.15, 0.2) is 0 Å². The summed E-state index contributed by atoms with van der Waals surface area (Å²) in [5.74, 6) is -1.22. The highest BCUT2D eigenvalue weighted by molar-refractivity contribution is 8.93. The average molecular weight is 545 g/mol. The fourth-order valence-corrected chi connectivity index (χ4v) is 3.40. The van der Waals surface area contributed by atoms with Crippen molar-refractivity contribution in [1.29, 1.82) is 0 Å². The van der Waals surface area contributed by atoms with E-state index in [1.165, 1.54) is 0 Å². The quantitative estimate of drug-likeness (QED) is 0.308. The fourth-order valence-electron chi connectivity index (χ4n) is 3.20. The van der Waals surface area contributed by atoms with Crippen LogP contribution < -0.4 is 10.1 Å². The Kier molecular flexibility index (Phi) is 13.1. The van der Waals surface area contributed by atoms with Gasteiger partial charge >= 0.3 is 11.9 Å². The number of halogens is 2. The summed E-state index contributed by atoms with van der Waals surface area (Å²) in [6.07, 6.45) is -0.777. The van der Waals surface area contributed by atoms with Gasteiger partial charge < -0.3 is 24.6 Å². The van der Waals surface area contributed by atoms with Gasteiger partial charge in [0.25, 0.3) is 6.10 Å². The van der Waals surface area contributed by atoms with Gasteiger partial charge in [-0.15, -0.1) is 17.0 Å². The first kappa shape index (κ1) is 28.9. The highest BCUT2D eigenvalue weighted by atomic mass is 79.9. The highest BCUT2D eigenvalue weighted by Crippen LogP contribution is 2.20. The molecule has 182 valence electrons. The number of benzene rings is 2. The van der Waals surface area contributed by atoms with E-state index in [2.05, 4.69) is 5.32 Å². The molecule has 2 aromatic rings. The van der Waals surface area contributed by atoms with E-state index in [1.807, 2.05) is 37.3 Å². The second-order valence-corrected chi connectivity index (χ2v) is 7.64. The second kappa shape index (κ2) is 14.9. The summed E-state index contributed by atoms with van der Waals surface area (Å²) >= 11 is 6.06. The van der Waals surface area contributed by atoms with Gasteiger partial charge in [0.1, 0.15) is 5.75 Å². The van der Waals surface area contributed by atoms with Gasteiger partial charge in [0, 0.05) is 11.1 Å². The van der Waals surface area contributed by atoms with Crippen LogP contribution in [0.1, 0.15) is 37.9 Å². The first-order valence-electron chi connectivity index (χ1n) is 10.6. The van der Waals surface area contributed by atoms with Gasteiger partial charge in [-0.1, -0.05) is 35.9 Å². The maximum atomic E-state index is 12.1. The largest absolute Gasteiger partial charge is 0.467 e. The zero-order chi connectivity index (χ0) is 23.5. The topological polar surface area (TPSA) is 94.1 Å². The summed E-state index contributed by atoms with van der Waals surface area (Å²) in [5, 5.41) is 13.8. The summed E-state index contributed by atoms with van der Waals surface area (Å²) in [6.45, 7) is 5.53. The SMILES string of the molecule is Br.CCOC(=O)C(Oc1ccc(CC(C)N[C@H](CO)c2cccc(Cl)c2)cc1)C(=O)OCC. The van der Waals surface area contributed by atoms with Crippen LogP contribution in [0.3, 0.4) is 0 Å². The molecule has 0 amide bonds. The summed E-state index contributed by atoms with van der Waals surface area (Å²) in [4.78, 5) is 24.1. The van der Waals surface area contributed by atoms with Crippen molar-refractivity contribution in [3.63, 3.8) is 0 Å². The maximum absolute atomic E-state index is 12.1. The smallest absolute Gasteiger partial charge is 0.359 e. The van der Waals surface area contributed by atoms with Gasteiger partial charge in [-0.2, -0.15) is 0 Å². The molecule has 9 heteroatoms. The maximum Gasteiger partial charge on any atom is 0.359 e. The van der Waals surface area contributed by atoms with E-state index in [0.29, 0.717) is 17.2 Å². The summed E-state index contributed by atoms with van der Waals surface area (Å²) in [6, 6.07) is 14.3. The van der Waals surface area contributed by atoms with Crippen LogP contribution in [-0.4, -0.2) is 49.0 Å². The third kappa shape index (κ3) is 9.33. The van der Waals surface area contributed by atoms with Crippen molar-refractivity contribution in [2.75, 3.05) is 19.8 Å². The second-order valence-electron chi connectivity index (χ2n) is 7.21. The molecule has 2 rings (SSSR count). The standard InChI is InChI=1S/C24H30ClNO6.BrH/c1-4-30-23(28)22(24(29)31-5-2)32-20-11-9-17(10-12-20)13-16(3)26-21(15-27)18-7-6-8-19(25)14-18;/h6-12,14,16,21-22,26-27H,4-5,13,15H2,1-3H3;1H/t16?,21-;/m1./s1. The van der Waals surface area contributed by atoms with Crippen LogP contribution >= 0.6 is 28.6 Å². The van der Waals surface area contributed by atoms with Gasteiger partial charge in [-0.3, -0.25) is 0 Å². The third-order valence-corrected chi connectivity index (χ3v) is 4.87. The zero-order valence-corrected chi connectivity index (χ0v) is 21.4. The predicted octanol–water partition coefficient (Wildman–Crippen LogP) is 4.05. The normalized spacial score (nSPS) is 12.4. The molecule has 2 N–H and O–H groups in total. The molecule has 0 saturated carbocycles. The van der Waals surface area contributed by atoms with Crippen LogP contribution in [0.5, 0.6) is 5.75 Å². The monoisotopic (exact) mass is 543 g/mol. The Labute approximate surface area is 210 Å². The minimum absolute atomic E-state index is 0.